The molecule has 0 bridgehead atoms. The number of carbonyl (C=O) groups is 2. The quantitative estimate of drug-likeness (QED) is 0.393. The molecule has 5 nitrogen and oxygen atoms in total. The number of para-hydroxylation sites is 1. The van der Waals surface area contributed by atoms with Crippen LogP contribution in [0.15, 0.2) is 77.7 Å². The normalized spacial score (nSPS) is 10.9. The van der Waals surface area contributed by atoms with Crippen molar-refractivity contribution in [2.24, 2.45) is 0 Å². The van der Waals surface area contributed by atoms with Crippen LogP contribution >= 0.6 is 11.6 Å². The third-order valence-corrected chi connectivity index (χ3v) is 6.03. The highest BCUT2D eigenvalue weighted by Crippen LogP contribution is 2.20. The van der Waals surface area contributed by atoms with Gasteiger partial charge in [0.2, 0.25) is 11.3 Å². The minimum Gasteiger partial charge on any atom is -0.337 e. The molecule has 4 rings (SSSR count). The predicted molar refractivity (Wildman–Crippen MR) is 132 cm³/mol. The molecule has 1 N–H and O–H groups in total. The molecule has 0 atom stereocenters. The van der Waals surface area contributed by atoms with Gasteiger partial charge in [-0.25, -0.2) is 0 Å². The third-order valence-electron chi connectivity index (χ3n) is 5.63. The van der Waals surface area contributed by atoms with Crippen LogP contribution in [0.1, 0.15) is 34.0 Å². The Bertz CT molecular complexity index is 1420. The topological polar surface area (TPSA) is 68.2 Å². The molecule has 0 fully saturated rings. The lowest BCUT2D eigenvalue weighted by molar-refractivity contribution is -0.116. The zero-order chi connectivity index (χ0) is 23.5. The van der Waals surface area contributed by atoms with Crippen molar-refractivity contribution in [3.8, 4) is 0 Å². The van der Waals surface area contributed by atoms with Crippen LogP contribution in [0.2, 0.25) is 5.02 Å². The Hall–Kier alpha value is -3.70. The number of aromatic nitrogens is 1. The standard InChI is InChI=1S/C27H23ClN2O3/c1-3-18-9-11-19(12-10-18)26(32)22-15-30(24-7-5-4-6-21(24)27(22)33)16-25(31)29-20-13-8-17(2)23(28)14-20/h4-15H,3,16H2,1-2H3,(H,29,31). The van der Waals surface area contributed by atoms with E-state index in [9.17, 15) is 14.4 Å². The Morgan fingerprint density at radius 1 is 1.00 bits per heavy atom. The van der Waals surface area contributed by atoms with Gasteiger partial charge in [-0.3, -0.25) is 14.4 Å². The van der Waals surface area contributed by atoms with E-state index in [0.717, 1.165) is 17.5 Å². The number of pyridine rings is 1. The molecule has 1 aromatic heterocycles. The molecule has 1 heterocycles. The molecule has 33 heavy (non-hydrogen) atoms. The van der Waals surface area contributed by atoms with E-state index < -0.39 is 0 Å². The fraction of sp³-hybridized carbons (Fsp3) is 0.148. The van der Waals surface area contributed by atoms with Gasteiger partial charge in [-0.1, -0.05) is 61.0 Å². The molecular formula is C27H23ClN2O3. The Labute approximate surface area is 196 Å². The fourth-order valence-electron chi connectivity index (χ4n) is 3.71. The van der Waals surface area contributed by atoms with E-state index in [4.69, 9.17) is 11.6 Å². The van der Waals surface area contributed by atoms with Crippen molar-refractivity contribution < 1.29 is 9.59 Å². The van der Waals surface area contributed by atoms with Gasteiger partial charge < -0.3 is 9.88 Å². The van der Waals surface area contributed by atoms with E-state index >= 15 is 0 Å². The van der Waals surface area contributed by atoms with Crippen LogP contribution < -0.4 is 10.7 Å². The summed E-state index contributed by atoms with van der Waals surface area (Å²) in [6.07, 6.45) is 2.33. The van der Waals surface area contributed by atoms with Gasteiger partial charge in [0.05, 0.1) is 11.1 Å². The average molecular weight is 459 g/mol. The van der Waals surface area contributed by atoms with E-state index in [-0.39, 0.29) is 29.2 Å². The number of ketones is 1. The maximum atomic E-state index is 13.2. The predicted octanol–water partition coefficient (Wildman–Crippen LogP) is 5.40. The van der Waals surface area contributed by atoms with Crippen LogP contribution in [0.3, 0.4) is 0 Å². The van der Waals surface area contributed by atoms with Crippen molar-refractivity contribution in [2.45, 2.75) is 26.8 Å². The summed E-state index contributed by atoms with van der Waals surface area (Å²) in [6, 6.07) is 19.5. The number of aryl methyl sites for hydroxylation is 2. The van der Waals surface area contributed by atoms with Gasteiger partial charge in [0.25, 0.3) is 0 Å². The molecule has 0 saturated heterocycles. The van der Waals surface area contributed by atoms with Gasteiger partial charge in [-0.15, -0.1) is 0 Å². The molecular weight excluding hydrogens is 436 g/mol. The SMILES string of the molecule is CCc1ccc(C(=O)c2cn(CC(=O)Nc3ccc(C)c(Cl)c3)c3ccccc3c2=O)cc1. The second kappa shape index (κ2) is 9.43. The fourth-order valence-corrected chi connectivity index (χ4v) is 3.89. The van der Waals surface area contributed by atoms with Gasteiger partial charge >= 0.3 is 0 Å². The molecule has 0 aliphatic rings. The number of fused-ring (bicyclic) bond motifs is 1. The monoisotopic (exact) mass is 458 g/mol. The van der Waals surface area contributed by atoms with Gasteiger partial charge in [0, 0.05) is 27.9 Å². The van der Waals surface area contributed by atoms with Gasteiger partial charge in [-0.05, 0) is 48.7 Å². The number of anilines is 1. The first kappa shape index (κ1) is 22.5. The first-order chi connectivity index (χ1) is 15.9. The molecule has 3 aromatic carbocycles. The highest BCUT2D eigenvalue weighted by atomic mass is 35.5. The number of benzene rings is 3. The van der Waals surface area contributed by atoms with Crippen LogP contribution in [-0.4, -0.2) is 16.3 Å². The zero-order valence-corrected chi connectivity index (χ0v) is 19.1. The van der Waals surface area contributed by atoms with Crippen molar-refractivity contribution in [1.29, 1.82) is 0 Å². The van der Waals surface area contributed by atoms with E-state index in [2.05, 4.69) is 5.32 Å². The summed E-state index contributed by atoms with van der Waals surface area (Å²) in [6.45, 7) is 3.85. The lowest BCUT2D eigenvalue weighted by Gasteiger charge is -2.14. The number of hydrogen-bond donors (Lipinski definition) is 1. The van der Waals surface area contributed by atoms with Crippen molar-refractivity contribution >= 4 is 39.9 Å². The third kappa shape index (κ3) is 4.73. The summed E-state index contributed by atoms with van der Waals surface area (Å²) in [5.74, 6) is -0.665. The number of rotatable bonds is 6. The van der Waals surface area contributed by atoms with E-state index in [0.29, 0.717) is 27.2 Å². The summed E-state index contributed by atoms with van der Waals surface area (Å²) < 4.78 is 1.63. The Morgan fingerprint density at radius 3 is 2.42 bits per heavy atom. The smallest absolute Gasteiger partial charge is 0.244 e. The minimum atomic E-state index is -0.368. The number of hydrogen-bond acceptors (Lipinski definition) is 3. The van der Waals surface area contributed by atoms with E-state index in [1.165, 1.54) is 6.20 Å². The molecule has 166 valence electrons. The second-order valence-electron chi connectivity index (χ2n) is 7.91. The van der Waals surface area contributed by atoms with Crippen LogP contribution in [0.25, 0.3) is 10.9 Å². The lowest BCUT2D eigenvalue weighted by Crippen LogP contribution is -2.24. The Morgan fingerprint density at radius 2 is 1.73 bits per heavy atom. The molecule has 0 aliphatic carbocycles. The maximum Gasteiger partial charge on any atom is 0.244 e. The summed E-state index contributed by atoms with van der Waals surface area (Å²) >= 11 is 6.16. The van der Waals surface area contributed by atoms with Crippen molar-refractivity contribution in [2.75, 3.05) is 5.32 Å². The number of nitrogens with zero attached hydrogens (tertiary/aromatic N) is 1. The molecule has 6 heteroatoms. The highest BCUT2D eigenvalue weighted by molar-refractivity contribution is 6.31. The lowest BCUT2D eigenvalue weighted by atomic mass is 10.0. The first-order valence-electron chi connectivity index (χ1n) is 10.7. The molecule has 1 amide bonds. The van der Waals surface area contributed by atoms with Crippen LogP contribution in [0.5, 0.6) is 0 Å². The molecule has 0 unspecified atom stereocenters. The summed E-state index contributed by atoms with van der Waals surface area (Å²) in [5.41, 5.74) is 3.29. The van der Waals surface area contributed by atoms with Crippen molar-refractivity contribution in [1.82, 2.24) is 4.57 Å². The van der Waals surface area contributed by atoms with E-state index in [1.807, 2.05) is 32.0 Å². The molecule has 4 aromatic rings. The van der Waals surface area contributed by atoms with Crippen LogP contribution in [0.4, 0.5) is 5.69 Å². The number of carbonyl (C=O) groups excluding carboxylic acids is 2. The van der Waals surface area contributed by atoms with Crippen molar-refractivity contribution in [3.63, 3.8) is 0 Å². The molecule has 0 spiro atoms. The summed E-state index contributed by atoms with van der Waals surface area (Å²) in [7, 11) is 0. The molecule has 0 aliphatic heterocycles. The zero-order valence-electron chi connectivity index (χ0n) is 18.4. The van der Waals surface area contributed by atoms with Crippen molar-refractivity contribution in [3.05, 3.63) is 110 Å². The van der Waals surface area contributed by atoms with Gasteiger partial charge in [-0.2, -0.15) is 0 Å². The highest BCUT2D eigenvalue weighted by Gasteiger charge is 2.18. The second-order valence-corrected chi connectivity index (χ2v) is 8.32. The summed E-state index contributed by atoms with van der Waals surface area (Å²) in [4.78, 5) is 39.1. The number of halogens is 1. The average Bonchev–Trinajstić information content (AvgIpc) is 2.83. The Kier molecular flexibility index (Phi) is 6.43. The number of nitrogens with one attached hydrogen (secondary N) is 1. The van der Waals surface area contributed by atoms with Crippen LogP contribution in [0, 0.1) is 6.92 Å². The molecule has 0 saturated carbocycles. The van der Waals surface area contributed by atoms with Crippen LogP contribution in [-0.2, 0) is 17.8 Å². The van der Waals surface area contributed by atoms with E-state index in [1.54, 1.807) is 53.1 Å². The number of amides is 1. The molecule has 0 radical (unpaired) electrons. The Balaban J connectivity index is 1.70. The van der Waals surface area contributed by atoms with Gasteiger partial charge in [0.1, 0.15) is 6.54 Å². The minimum absolute atomic E-state index is 0.0316. The van der Waals surface area contributed by atoms with Gasteiger partial charge in [0.15, 0.2) is 5.78 Å². The largest absolute Gasteiger partial charge is 0.337 e. The maximum absolute atomic E-state index is 13.2. The summed E-state index contributed by atoms with van der Waals surface area (Å²) in [5, 5.41) is 3.77. The first-order valence-corrected chi connectivity index (χ1v) is 11.1.